The molecule has 18 heavy (non-hydrogen) atoms. The Hall–Kier alpha value is 1.05. The van der Waals surface area contributed by atoms with Crippen LogP contribution >= 0.6 is 81.7 Å². The molecule has 1 atom stereocenters. The maximum absolute atomic E-state index is 3.63. The minimum absolute atomic E-state index is 0.172. The van der Waals surface area contributed by atoms with Gasteiger partial charge in [0.15, 0.2) is 0 Å². The van der Waals surface area contributed by atoms with Gasteiger partial charge in [0, 0.05) is 8.04 Å². The molecule has 1 N–H and O–H groups in total. The summed E-state index contributed by atoms with van der Waals surface area (Å²) in [5, 5.41) is 3.38. The van der Waals surface area contributed by atoms with Crippen LogP contribution in [0.3, 0.4) is 0 Å². The van der Waals surface area contributed by atoms with Gasteiger partial charge in [-0.2, -0.15) is 0 Å². The van der Waals surface area contributed by atoms with Crippen molar-refractivity contribution in [3.63, 3.8) is 0 Å². The lowest BCUT2D eigenvalue weighted by Crippen LogP contribution is -2.18. The maximum atomic E-state index is 3.63. The van der Waals surface area contributed by atoms with Crippen molar-refractivity contribution in [2.45, 2.75) is 6.04 Å². The first-order valence-electron chi connectivity index (χ1n) is 5.10. The SMILES string of the molecule is CNC(c1cc(I)ccc1Br)c1cc(Br)sc1Br. The van der Waals surface area contributed by atoms with Crippen LogP contribution in [0.5, 0.6) is 0 Å². The summed E-state index contributed by atoms with van der Waals surface area (Å²) in [5.41, 5.74) is 2.49. The summed E-state index contributed by atoms with van der Waals surface area (Å²) >= 11 is 14.8. The Labute approximate surface area is 149 Å². The van der Waals surface area contributed by atoms with Crippen LogP contribution in [0.25, 0.3) is 0 Å². The first-order chi connectivity index (χ1) is 8.52. The van der Waals surface area contributed by atoms with Gasteiger partial charge >= 0.3 is 0 Å². The van der Waals surface area contributed by atoms with Crippen LogP contribution in [0.2, 0.25) is 0 Å². The van der Waals surface area contributed by atoms with Crippen molar-refractivity contribution in [3.05, 3.63) is 51.0 Å². The van der Waals surface area contributed by atoms with Crippen molar-refractivity contribution in [2.24, 2.45) is 0 Å². The molecule has 1 aromatic carbocycles. The molecular formula is C12H9Br3INS. The lowest BCUT2D eigenvalue weighted by atomic mass is 10.0. The molecule has 2 rings (SSSR count). The second kappa shape index (κ2) is 6.67. The summed E-state index contributed by atoms with van der Waals surface area (Å²) in [6, 6.07) is 8.72. The van der Waals surface area contributed by atoms with Gasteiger partial charge in [0.1, 0.15) is 0 Å². The zero-order valence-electron chi connectivity index (χ0n) is 9.31. The molecule has 0 aliphatic rings. The maximum Gasteiger partial charge on any atom is 0.0761 e. The van der Waals surface area contributed by atoms with Crippen molar-refractivity contribution < 1.29 is 0 Å². The molecule has 1 aromatic heterocycles. The Morgan fingerprint density at radius 1 is 1.17 bits per heavy atom. The zero-order chi connectivity index (χ0) is 13.3. The minimum Gasteiger partial charge on any atom is -0.309 e. The molecule has 2 aromatic rings. The van der Waals surface area contributed by atoms with Gasteiger partial charge in [0.2, 0.25) is 0 Å². The van der Waals surface area contributed by atoms with Crippen LogP contribution in [0.4, 0.5) is 0 Å². The third-order valence-electron chi connectivity index (χ3n) is 2.55. The first-order valence-corrected chi connectivity index (χ1v) is 9.37. The average Bonchev–Trinajstić information content (AvgIpc) is 2.64. The van der Waals surface area contributed by atoms with Crippen LogP contribution in [0, 0.1) is 3.57 Å². The van der Waals surface area contributed by atoms with Crippen LogP contribution in [-0.4, -0.2) is 7.05 Å². The quantitative estimate of drug-likeness (QED) is 0.454. The Balaban J connectivity index is 2.51. The number of hydrogen-bond donors (Lipinski definition) is 1. The highest BCUT2D eigenvalue weighted by Crippen LogP contribution is 2.39. The molecule has 0 saturated carbocycles. The van der Waals surface area contributed by atoms with Crippen molar-refractivity contribution in [3.8, 4) is 0 Å². The second-order valence-corrected chi connectivity index (χ2v) is 9.52. The molecule has 1 heterocycles. The largest absolute Gasteiger partial charge is 0.309 e. The fraction of sp³-hybridized carbons (Fsp3) is 0.167. The molecule has 0 aliphatic carbocycles. The van der Waals surface area contributed by atoms with Gasteiger partial charge in [0.05, 0.1) is 13.6 Å². The highest BCUT2D eigenvalue weighted by molar-refractivity contribution is 14.1. The Morgan fingerprint density at radius 3 is 2.44 bits per heavy atom. The number of halogens is 4. The molecule has 0 saturated heterocycles. The standard InChI is InChI=1S/C12H9Br3INS/c1-17-11(8-5-10(14)18-12(8)15)7-4-6(16)2-3-9(7)13/h2-5,11,17H,1H3. The van der Waals surface area contributed by atoms with Crippen molar-refractivity contribution in [1.29, 1.82) is 0 Å². The summed E-state index contributed by atoms with van der Waals surface area (Å²) in [6.07, 6.45) is 0. The highest BCUT2D eigenvalue weighted by atomic mass is 127. The monoisotopic (exact) mass is 563 g/mol. The predicted octanol–water partition coefficient (Wildman–Crippen LogP) is 5.95. The van der Waals surface area contributed by atoms with E-state index in [0.717, 1.165) is 12.0 Å². The van der Waals surface area contributed by atoms with E-state index in [9.17, 15) is 0 Å². The molecule has 96 valence electrons. The Morgan fingerprint density at radius 2 is 1.89 bits per heavy atom. The van der Waals surface area contributed by atoms with Gasteiger partial charge < -0.3 is 5.32 Å². The van der Waals surface area contributed by atoms with E-state index in [0.29, 0.717) is 0 Å². The van der Waals surface area contributed by atoms with Gasteiger partial charge in [-0.3, -0.25) is 0 Å². The smallest absolute Gasteiger partial charge is 0.0761 e. The van der Waals surface area contributed by atoms with Gasteiger partial charge in [-0.1, -0.05) is 15.9 Å². The van der Waals surface area contributed by atoms with E-state index >= 15 is 0 Å². The molecule has 0 spiro atoms. The molecule has 1 unspecified atom stereocenters. The molecule has 0 radical (unpaired) electrons. The molecule has 0 amide bonds. The molecule has 0 fully saturated rings. The fourth-order valence-corrected chi connectivity index (χ4v) is 5.66. The van der Waals surface area contributed by atoms with E-state index in [2.05, 4.69) is 100.0 Å². The van der Waals surface area contributed by atoms with E-state index in [-0.39, 0.29) is 6.04 Å². The van der Waals surface area contributed by atoms with Crippen LogP contribution in [0.15, 0.2) is 36.3 Å². The fourth-order valence-electron chi connectivity index (χ4n) is 1.76. The van der Waals surface area contributed by atoms with Crippen LogP contribution in [-0.2, 0) is 0 Å². The van der Waals surface area contributed by atoms with Crippen LogP contribution < -0.4 is 5.32 Å². The van der Waals surface area contributed by atoms with Crippen LogP contribution in [0.1, 0.15) is 17.2 Å². The molecule has 6 heteroatoms. The third kappa shape index (κ3) is 3.38. The Kier molecular flexibility index (Phi) is 5.72. The topological polar surface area (TPSA) is 12.0 Å². The number of thiophene rings is 1. The average molecular weight is 566 g/mol. The van der Waals surface area contributed by atoms with E-state index in [1.165, 1.54) is 14.7 Å². The first kappa shape index (κ1) is 15.4. The zero-order valence-corrected chi connectivity index (χ0v) is 17.0. The van der Waals surface area contributed by atoms with Gasteiger partial charge in [-0.15, -0.1) is 11.3 Å². The molecule has 0 aliphatic heterocycles. The van der Waals surface area contributed by atoms with E-state index in [1.807, 2.05) is 7.05 Å². The number of nitrogens with one attached hydrogen (secondary N) is 1. The summed E-state index contributed by atoms with van der Waals surface area (Å²) in [4.78, 5) is 0. The summed E-state index contributed by atoms with van der Waals surface area (Å²) in [6.45, 7) is 0. The predicted molar refractivity (Wildman–Crippen MR) is 97.5 cm³/mol. The minimum atomic E-state index is 0.172. The normalized spacial score (nSPS) is 12.7. The van der Waals surface area contributed by atoms with E-state index in [4.69, 9.17) is 0 Å². The number of benzene rings is 1. The molecule has 0 bridgehead atoms. The van der Waals surface area contributed by atoms with Gasteiger partial charge in [-0.05, 0) is 96.9 Å². The van der Waals surface area contributed by atoms with Crippen molar-refractivity contribution in [2.75, 3.05) is 7.05 Å². The lowest BCUT2D eigenvalue weighted by molar-refractivity contribution is 0.688. The highest BCUT2D eigenvalue weighted by Gasteiger charge is 2.19. The third-order valence-corrected chi connectivity index (χ3v) is 6.33. The number of rotatable bonds is 3. The number of hydrogen-bond acceptors (Lipinski definition) is 2. The van der Waals surface area contributed by atoms with Gasteiger partial charge in [0.25, 0.3) is 0 Å². The molecular weight excluding hydrogens is 557 g/mol. The van der Waals surface area contributed by atoms with Gasteiger partial charge in [-0.25, -0.2) is 0 Å². The van der Waals surface area contributed by atoms with Crippen molar-refractivity contribution in [1.82, 2.24) is 5.32 Å². The van der Waals surface area contributed by atoms with E-state index in [1.54, 1.807) is 11.3 Å². The second-order valence-electron chi connectivity index (χ2n) is 3.67. The summed E-state index contributed by atoms with van der Waals surface area (Å²) < 4.78 is 4.64. The van der Waals surface area contributed by atoms with Crippen molar-refractivity contribution >= 4 is 81.7 Å². The molecule has 1 nitrogen and oxygen atoms in total. The summed E-state index contributed by atoms with van der Waals surface area (Å²) in [7, 11) is 1.98. The summed E-state index contributed by atoms with van der Waals surface area (Å²) in [5.74, 6) is 0. The lowest BCUT2D eigenvalue weighted by Gasteiger charge is -2.18. The van der Waals surface area contributed by atoms with E-state index < -0.39 is 0 Å². The Bertz CT molecular complexity index is 570.